The van der Waals surface area contributed by atoms with Crippen molar-refractivity contribution < 1.29 is 14.3 Å². The van der Waals surface area contributed by atoms with E-state index < -0.39 is 0 Å². The number of esters is 1. The molecule has 5 heteroatoms. The van der Waals surface area contributed by atoms with E-state index in [9.17, 15) is 9.59 Å². The summed E-state index contributed by atoms with van der Waals surface area (Å²) in [6, 6.07) is 8.87. The van der Waals surface area contributed by atoms with Crippen LogP contribution in [0.1, 0.15) is 32.6 Å². The Balaban J connectivity index is 1.72. The van der Waals surface area contributed by atoms with Gasteiger partial charge in [0.25, 0.3) is 0 Å². The summed E-state index contributed by atoms with van der Waals surface area (Å²) in [6.45, 7) is 2.86. The number of aromatic amines is 1. The van der Waals surface area contributed by atoms with Crippen LogP contribution in [0.2, 0.25) is 0 Å². The largest absolute Gasteiger partial charge is 0.494 e. The molecule has 5 nitrogen and oxygen atoms in total. The average Bonchev–Trinajstić information content (AvgIpc) is 2.51. The fourth-order valence-electron chi connectivity index (χ4n) is 2.19. The monoisotopic (exact) mass is 303 g/mol. The van der Waals surface area contributed by atoms with Gasteiger partial charge in [-0.2, -0.15) is 0 Å². The van der Waals surface area contributed by atoms with Crippen LogP contribution in [0.25, 0.3) is 10.9 Å². The summed E-state index contributed by atoms with van der Waals surface area (Å²) in [6.07, 6.45) is 3.11. The average molecular weight is 303 g/mol. The minimum absolute atomic E-state index is 0.109. The van der Waals surface area contributed by atoms with Crippen molar-refractivity contribution >= 4 is 16.9 Å². The Hall–Kier alpha value is -2.30. The van der Waals surface area contributed by atoms with E-state index in [4.69, 9.17) is 9.47 Å². The van der Waals surface area contributed by atoms with E-state index >= 15 is 0 Å². The molecule has 2 rings (SSSR count). The van der Waals surface area contributed by atoms with Crippen molar-refractivity contribution in [2.45, 2.75) is 32.6 Å². The van der Waals surface area contributed by atoms with Crippen molar-refractivity contribution in [3.05, 3.63) is 40.7 Å². The van der Waals surface area contributed by atoms with Crippen molar-refractivity contribution in [3.8, 4) is 5.75 Å². The zero-order valence-electron chi connectivity index (χ0n) is 12.8. The summed E-state index contributed by atoms with van der Waals surface area (Å²) >= 11 is 0. The van der Waals surface area contributed by atoms with Gasteiger partial charge in [0, 0.05) is 23.4 Å². The number of ether oxygens (including phenoxy) is 2. The third-order valence-corrected chi connectivity index (χ3v) is 3.29. The molecule has 0 aliphatic carbocycles. The fourth-order valence-corrected chi connectivity index (χ4v) is 2.19. The highest BCUT2D eigenvalue weighted by Crippen LogP contribution is 2.18. The lowest BCUT2D eigenvalue weighted by atomic mass is 10.2. The number of benzene rings is 1. The number of carbonyl (C=O) groups is 1. The molecular formula is C17H21NO4. The molecule has 0 aliphatic rings. The highest BCUT2D eigenvalue weighted by molar-refractivity contribution is 5.79. The van der Waals surface area contributed by atoms with Gasteiger partial charge in [0.05, 0.1) is 13.2 Å². The number of fused-ring (bicyclic) bond motifs is 1. The standard InChI is InChI=1S/C17H21NO4/c1-2-21-17(20)6-4-3-5-11-22-14-8-9-15-13(12-14)7-10-16(19)18-15/h7-10,12H,2-6,11H2,1H3,(H,18,19). The first kappa shape index (κ1) is 16.1. The minimum Gasteiger partial charge on any atom is -0.494 e. The maximum absolute atomic E-state index is 11.2. The van der Waals surface area contributed by atoms with Gasteiger partial charge in [-0.25, -0.2) is 0 Å². The van der Waals surface area contributed by atoms with Gasteiger partial charge in [-0.1, -0.05) is 0 Å². The second-order valence-corrected chi connectivity index (χ2v) is 5.04. The Bertz CT molecular complexity index is 678. The third kappa shape index (κ3) is 4.91. The second-order valence-electron chi connectivity index (χ2n) is 5.04. The molecule has 118 valence electrons. The Morgan fingerprint density at radius 2 is 2.00 bits per heavy atom. The predicted octanol–water partition coefficient (Wildman–Crippen LogP) is 3.03. The number of hydrogen-bond acceptors (Lipinski definition) is 4. The molecule has 0 spiro atoms. The van der Waals surface area contributed by atoms with Gasteiger partial charge < -0.3 is 14.5 Å². The van der Waals surface area contributed by atoms with Crippen molar-refractivity contribution in [2.24, 2.45) is 0 Å². The lowest BCUT2D eigenvalue weighted by Crippen LogP contribution is -2.04. The zero-order chi connectivity index (χ0) is 15.8. The summed E-state index contributed by atoms with van der Waals surface area (Å²) in [7, 11) is 0. The van der Waals surface area contributed by atoms with E-state index in [1.54, 1.807) is 6.07 Å². The summed E-state index contributed by atoms with van der Waals surface area (Å²) < 4.78 is 10.6. The smallest absolute Gasteiger partial charge is 0.305 e. The normalized spacial score (nSPS) is 10.6. The van der Waals surface area contributed by atoms with Crippen LogP contribution in [0.3, 0.4) is 0 Å². The molecule has 1 aromatic heterocycles. The number of nitrogens with one attached hydrogen (secondary N) is 1. The lowest BCUT2D eigenvalue weighted by molar-refractivity contribution is -0.143. The molecule has 1 aromatic carbocycles. The first-order valence-electron chi connectivity index (χ1n) is 7.60. The van der Waals surface area contributed by atoms with Gasteiger partial charge in [-0.3, -0.25) is 9.59 Å². The molecule has 0 atom stereocenters. The van der Waals surface area contributed by atoms with Crippen molar-refractivity contribution in [1.29, 1.82) is 0 Å². The molecular weight excluding hydrogens is 282 g/mol. The molecule has 0 saturated heterocycles. The topological polar surface area (TPSA) is 68.4 Å². The Morgan fingerprint density at radius 1 is 1.14 bits per heavy atom. The van der Waals surface area contributed by atoms with E-state index in [-0.39, 0.29) is 11.5 Å². The summed E-state index contributed by atoms with van der Waals surface area (Å²) in [5, 5.41) is 0.944. The van der Waals surface area contributed by atoms with E-state index in [0.717, 1.165) is 35.9 Å². The first-order valence-corrected chi connectivity index (χ1v) is 7.60. The van der Waals surface area contributed by atoms with Crippen LogP contribution >= 0.6 is 0 Å². The van der Waals surface area contributed by atoms with Gasteiger partial charge >= 0.3 is 5.97 Å². The second kappa shape index (κ2) is 8.22. The molecule has 0 amide bonds. The van der Waals surface area contributed by atoms with Crippen LogP contribution in [-0.4, -0.2) is 24.2 Å². The molecule has 0 fully saturated rings. The molecule has 0 saturated carbocycles. The van der Waals surface area contributed by atoms with E-state index in [1.807, 2.05) is 25.1 Å². The Morgan fingerprint density at radius 3 is 2.82 bits per heavy atom. The number of rotatable bonds is 8. The number of hydrogen-bond donors (Lipinski definition) is 1. The Labute approximate surface area is 129 Å². The van der Waals surface area contributed by atoms with E-state index in [1.165, 1.54) is 6.07 Å². The molecule has 0 unspecified atom stereocenters. The molecule has 2 aromatic rings. The third-order valence-electron chi connectivity index (χ3n) is 3.29. The molecule has 0 bridgehead atoms. The minimum atomic E-state index is -0.132. The van der Waals surface area contributed by atoms with Crippen LogP contribution in [0, 0.1) is 0 Å². The number of aromatic nitrogens is 1. The van der Waals surface area contributed by atoms with Crippen molar-refractivity contribution in [1.82, 2.24) is 4.98 Å². The molecule has 0 radical (unpaired) electrons. The summed E-state index contributed by atoms with van der Waals surface area (Å²) in [5.74, 6) is 0.650. The van der Waals surface area contributed by atoms with Gasteiger partial charge in [-0.15, -0.1) is 0 Å². The number of H-pyrrole nitrogens is 1. The van der Waals surface area contributed by atoms with E-state index in [2.05, 4.69) is 4.98 Å². The molecule has 0 aliphatic heterocycles. The van der Waals surface area contributed by atoms with Gasteiger partial charge in [0.2, 0.25) is 5.56 Å². The summed E-state index contributed by atoms with van der Waals surface area (Å²) in [5.41, 5.74) is 0.692. The van der Waals surface area contributed by atoms with Gasteiger partial charge in [0.1, 0.15) is 5.75 Å². The quantitative estimate of drug-likeness (QED) is 0.601. The number of pyridine rings is 1. The van der Waals surface area contributed by atoms with E-state index in [0.29, 0.717) is 19.6 Å². The predicted molar refractivity (Wildman–Crippen MR) is 85.2 cm³/mol. The van der Waals surface area contributed by atoms with Crippen molar-refractivity contribution in [3.63, 3.8) is 0 Å². The first-order chi connectivity index (χ1) is 10.7. The zero-order valence-corrected chi connectivity index (χ0v) is 12.8. The maximum atomic E-state index is 11.2. The van der Waals surface area contributed by atoms with Crippen LogP contribution in [0.15, 0.2) is 35.1 Å². The van der Waals surface area contributed by atoms with Gasteiger partial charge in [0.15, 0.2) is 0 Å². The highest BCUT2D eigenvalue weighted by atomic mass is 16.5. The summed E-state index contributed by atoms with van der Waals surface area (Å²) in [4.78, 5) is 25.1. The van der Waals surface area contributed by atoms with Crippen LogP contribution in [0.5, 0.6) is 5.75 Å². The molecule has 1 heterocycles. The van der Waals surface area contributed by atoms with Crippen molar-refractivity contribution in [2.75, 3.05) is 13.2 Å². The highest BCUT2D eigenvalue weighted by Gasteiger charge is 2.01. The number of carbonyl (C=O) groups excluding carboxylic acids is 1. The van der Waals surface area contributed by atoms with Crippen LogP contribution < -0.4 is 10.3 Å². The lowest BCUT2D eigenvalue weighted by Gasteiger charge is -2.07. The Kier molecular flexibility index (Phi) is 6.01. The molecule has 1 N–H and O–H groups in total. The fraction of sp³-hybridized carbons (Fsp3) is 0.412. The van der Waals surface area contributed by atoms with Crippen LogP contribution in [0.4, 0.5) is 0 Å². The van der Waals surface area contributed by atoms with Crippen LogP contribution in [-0.2, 0) is 9.53 Å². The SMILES string of the molecule is CCOC(=O)CCCCCOc1ccc2[nH]c(=O)ccc2c1. The van der Waals surface area contributed by atoms with Gasteiger partial charge in [-0.05, 0) is 50.5 Å². The number of unbranched alkanes of at least 4 members (excludes halogenated alkanes) is 2. The maximum Gasteiger partial charge on any atom is 0.305 e. The molecule has 22 heavy (non-hydrogen) atoms.